The highest BCUT2D eigenvalue weighted by Gasteiger charge is 2.20. The first kappa shape index (κ1) is 23.0. The number of aromatic nitrogens is 2. The highest BCUT2D eigenvalue weighted by atomic mass is 16.5. The third kappa shape index (κ3) is 5.60. The molecular weight excluding hydrogens is 414 g/mol. The Labute approximate surface area is 195 Å². The maximum Gasteiger partial charge on any atom is 0.305 e. The Bertz CT molecular complexity index is 1110. The predicted octanol–water partition coefficient (Wildman–Crippen LogP) is 3.93. The zero-order chi connectivity index (χ0) is 23.2. The number of hydrogen-bond acceptors (Lipinski definition) is 7. The monoisotopic (exact) mass is 447 g/mol. The van der Waals surface area contributed by atoms with Gasteiger partial charge in [-0.15, -0.1) is 0 Å². The summed E-state index contributed by atoms with van der Waals surface area (Å²) in [5.41, 5.74) is 4.99. The Balaban J connectivity index is 1.41. The average molecular weight is 448 g/mol. The second-order valence-corrected chi connectivity index (χ2v) is 8.59. The molecular formula is C26H33N5O2. The first-order chi connectivity index (χ1) is 16.0. The van der Waals surface area contributed by atoms with Gasteiger partial charge in [0.15, 0.2) is 0 Å². The van der Waals surface area contributed by atoms with Gasteiger partial charge in [-0.1, -0.05) is 24.3 Å². The van der Waals surface area contributed by atoms with Crippen LogP contribution in [0.3, 0.4) is 0 Å². The highest BCUT2D eigenvalue weighted by molar-refractivity contribution is 5.89. The molecule has 0 aliphatic carbocycles. The number of carbonyl (C=O) groups excluding carboxylic acids is 1. The second kappa shape index (κ2) is 10.6. The fourth-order valence-corrected chi connectivity index (χ4v) is 4.30. The zero-order valence-electron chi connectivity index (χ0n) is 19.8. The van der Waals surface area contributed by atoms with Crippen LogP contribution >= 0.6 is 0 Å². The number of methoxy groups -OCH3 is 1. The fourth-order valence-electron chi connectivity index (χ4n) is 4.30. The van der Waals surface area contributed by atoms with E-state index in [1.165, 1.54) is 23.9 Å². The molecule has 1 aromatic heterocycles. The van der Waals surface area contributed by atoms with Crippen molar-refractivity contribution in [3.63, 3.8) is 0 Å². The van der Waals surface area contributed by atoms with Crippen LogP contribution in [0.5, 0.6) is 0 Å². The summed E-state index contributed by atoms with van der Waals surface area (Å²) in [6, 6.07) is 14.6. The third-order valence-corrected chi connectivity index (χ3v) is 6.38. The molecule has 0 atom stereocenters. The van der Waals surface area contributed by atoms with Crippen LogP contribution in [-0.2, 0) is 16.1 Å². The number of ether oxygens (including phenoxy) is 1. The second-order valence-electron chi connectivity index (χ2n) is 8.59. The lowest BCUT2D eigenvalue weighted by Gasteiger charge is -2.36. The summed E-state index contributed by atoms with van der Waals surface area (Å²) in [4.78, 5) is 25.9. The largest absolute Gasteiger partial charge is 0.469 e. The molecule has 4 rings (SSSR count). The van der Waals surface area contributed by atoms with E-state index in [0.29, 0.717) is 19.4 Å². The molecule has 2 aromatic carbocycles. The van der Waals surface area contributed by atoms with Crippen LogP contribution in [0.4, 0.5) is 11.5 Å². The minimum Gasteiger partial charge on any atom is -0.469 e. The molecule has 1 aliphatic rings. The van der Waals surface area contributed by atoms with Gasteiger partial charge in [0.25, 0.3) is 0 Å². The van der Waals surface area contributed by atoms with Gasteiger partial charge < -0.3 is 15.0 Å². The van der Waals surface area contributed by atoms with E-state index in [2.05, 4.69) is 47.2 Å². The van der Waals surface area contributed by atoms with Crippen LogP contribution in [0, 0.1) is 13.8 Å². The summed E-state index contributed by atoms with van der Waals surface area (Å²) in [5, 5.41) is 4.40. The van der Waals surface area contributed by atoms with Crippen molar-refractivity contribution in [2.45, 2.75) is 33.2 Å². The molecule has 0 saturated carbocycles. The predicted molar refractivity (Wildman–Crippen MR) is 133 cm³/mol. The number of nitrogens with zero attached hydrogens (tertiary/aromatic N) is 4. The first-order valence-corrected chi connectivity index (χ1v) is 11.6. The van der Waals surface area contributed by atoms with E-state index in [1.807, 2.05) is 24.3 Å². The number of anilines is 2. The van der Waals surface area contributed by atoms with Crippen molar-refractivity contribution >= 4 is 28.4 Å². The normalized spacial score (nSPS) is 14.5. The molecule has 1 aliphatic heterocycles. The van der Waals surface area contributed by atoms with E-state index in [1.54, 1.807) is 0 Å². The van der Waals surface area contributed by atoms with Crippen LogP contribution in [0.1, 0.15) is 29.8 Å². The van der Waals surface area contributed by atoms with Crippen molar-refractivity contribution in [1.29, 1.82) is 0 Å². The number of fused-ring (bicyclic) bond motifs is 1. The lowest BCUT2D eigenvalue weighted by Crippen LogP contribution is -2.46. The number of piperazine rings is 1. The molecule has 0 bridgehead atoms. The van der Waals surface area contributed by atoms with E-state index < -0.39 is 0 Å². The molecule has 7 heteroatoms. The summed E-state index contributed by atoms with van der Waals surface area (Å²) >= 11 is 0. The molecule has 0 amide bonds. The van der Waals surface area contributed by atoms with Crippen molar-refractivity contribution in [2.75, 3.05) is 50.1 Å². The average Bonchev–Trinajstić information content (AvgIpc) is 2.84. The number of rotatable bonds is 8. The molecule has 1 N–H and O–H groups in total. The van der Waals surface area contributed by atoms with Crippen LogP contribution in [0.2, 0.25) is 0 Å². The molecule has 1 saturated heterocycles. The Kier molecular flexibility index (Phi) is 7.40. The van der Waals surface area contributed by atoms with Gasteiger partial charge in [-0.05, 0) is 49.6 Å². The molecule has 0 spiro atoms. The Hall–Kier alpha value is -3.19. The van der Waals surface area contributed by atoms with Crippen LogP contribution in [-0.4, -0.2) is 60.7 Å². The SMILES string of the molecule is COC(=O)CCCNc1nc(CN2CCN(c3cccc(C)c3C)CC2)nc2ccccc12. The van der Waals surface area contributed by atoms with Gasteiger partial charge in [0.2, 0.25) is 0 Å². The van der Waals surface area contributed by atoms with Crippen molar-refractivity contribution in [2.24, 2.45) is 0 Å². The van der Waals surface area contributed by atoms with E-state index in [9.17, 15) is 4.79 Å². The molecule has 174 valence electrons. The van der Waals surface area contributed by atoms with Crippen molar-refractivity contribution in [1.82, 2.24) is 14.9 Å². The molecule has 33 heavy (non-hydrogen) atoms. The standard InChI is InChI=1S/C26H33N5O2/c1-19-8-6-11-23(20(19)2)31-16-14-30(15-17-31)18-24-28-22-10-5-4-9-21(22)26(29-24)27-13-7-12-25(32)33-3/h4-6,8-11H,7,12-18H2,1-3H3,(H,27,28,29). The van der Waals surface area contributed by atoms with Gasteiger partial charge in [0.1, 0.15) is 11.6 Å². The highest BCUT2D eigenvalue weighted by Crippen LogP contribution is 2.25. The molecule has 0 unspecified atom stereocenters. The maximum atomic E-state index is 11.4. The molecule has 2 heterocycles. The van der Waals surface area contributed by atoms with Crippen LogP contribution in [0.15, 0.2) is 42.5 Å². The van der Waals surface area contributed by atoms with Gasteiger partial charge in [0, 0.05) is 50.2 Å². The molecule has 0 radical (unpaired) electrons. The van der Waals surface area contributed by atoms with Gasteiger partial charge in [-0.3, -0.25) is 9.69 Å². The maximum absolute atomic E-state index is 11.4. The topological polar surface area (TPSA) is 70.6 Å². The number of aryl methyl sites for hydroxylation is 1. The Morgan fingerprint density at radius 2 is 1.82 bits per heavy atom. The summed E-state index contributed by atoms with van der Waals surface area (Å²) < 4.78 is 4.72. The first-order valence-electron chi connectivity index (χ1n) is 11.6. The number of hydrogen-bond donors (Lipinski definition) is 1. The number of para-hydroxylation sites is 1. The number of carbonyl (C=O) groups is 1. The van der Waals surface area contributed by atoms with Gasteiger partial charge in [-0.25, -0.2) is 9.97 Å². The minimum atomic E-state index is -0.190. The van der Waals surface area contributed by atoms with Crippen molar-refractivity contribution in [3.8, 4) is 0 Å². The van der Waals surface area contributed by atoms with E-state index in [-0.39, 0.29) is 5.97 Å². The van der Waals surface area contributed by atoms with E-state index in [4.69, 9.17) is 14.7 Å². The van der Waals surface area contributed by atoms with Gasteiger partial charge >= 0.3 is 5.97 Å². The van der Waals surface area contributed by atoms with Crippen LogP contribution < -0.4 is 10.2 Å². The van der Waals surface area contributed by atoms with E-state index in [0.717, 1.165) is 55.3 Å². The molecule has 7 nitrogen and oxygen atoms in total. The van der Waals surface area contributed by atoms with E-state index >= 15 is 0 Å². The number of nitrogens with one attached hydrogen (secondary N) is 1. The van der Waals surface area contributed by atoms with Gasteiger partial charge in [0.05, 0.1) is 19.2 Å². The zero-order valence-corrected chi connectivity index (χ0v) is 19.8. The fraction of sp³-hybridized carbons (Fsp3) is 0.423. The summed E-state index contributed by atoms with van der Waals surface area (Å²) in [6.07, 6.45) is 1.09. The van der Waals surface area contributed by atoms with Crippen molar-refractivity contribution < 1.29 is 9.53 Å². The Morgan fingerprint density at radius 1 is 1.03 bits per heavy atom. The van der Waals surface area contributed by atoms with Gasteiger partial charge in [-0.2, -0.15) is 0 Å². The minimum absolute atomic E-state index is 0.190. The molecule has 1 fully saturated rings. The summed E-state index contributed by atoms with van der Waals surface area (Å²) in [6.45, 7) is 9.71. The number of esters is 1. The lowest BCUT2D eigenvalue weighted by molar-refractivity contribution is -0.140. The molecule has 3 aromatic rings. The van der Waals surface area contributed by atoms with Crippen molar-refractivity contribution in [3.05, 3.63) is 59.4 Å². The summed E-state index contributed by atoms with van der Waals surface area (Å²) in [5.74, 6) is 1.46. The number of benzene rings is 2. The lowest BCUT2D eigenvalue weighted by atomic mass is 10.1. The Morgan fingerprint density at radius 3 is 2.61 bits per heavy atom. The van der Waals surface area contributed by atoms with Crippen LogP contribution in [0.25, 0.3) is 10.9 Å². The quantitative estimate of drug-likeness (QED) is 0.414. The third-order valence-electron chi connectivity index (χ3n) is 6.38. The smallest absolute Gasteiger partial charge is 0.305 e. The summed E-state index contributed by atoms with van der Waals surface area (Å²) in [7, 11) is 1.42.